The molecule has 2 aromatic rings. The van der Waals surface area contributed by atoms with Crippen molar-refractivity contribution >= 4 is 5.97 Å². The molecule has 0 radical (unpaired) electrons. The minimum Gasteiger partial charge on any atom is -0.504 e. The van der Waals surface area contributed by atoms with E-state index in [4.69, 9.17) is 23.7 Å². The summed E-state index contributed by atoms with van der Waals surface area (Å²) in [6.45, 7) is 0.325. The van der Waals surface area contributed by atoms with Gasteiger partial charge in [0.1, 0.15) is 0 Å². The molecule has 0 spiro atoms. The third-order valence-electron chi connectivity index (χ3n) is 6.02. The highest BCUT2D eigenvalue weighted by Gasteiger charge is 2.49. The van der Waals surface area contributed by atoms with Gasteiger partial charge < -0.3 is 33.9 Å². The monoisotopic (exact) mass is 400 g/mol. The fraction of sp³-hybridized carbons (Fsp3) is 0.381. The summed E-state index contributed by atoms with van der Waals surface area (Å²) in [6, 6.07) is 5.18. The van der Waals surface area contributed by atoms with Crippen LogP contribution in [0.25, 0.3) is 0 Å². The number of hydrogen-bond donors (Lipinski definition) is 2. The van der Waals surface area contributed by atoms with Gasteiger partial charge in [0.15, 0.2) is 23.0 Å². The van der Waals surface area contributed by atoms with Crippen molar-refractivity contribution in [3.63, 3.8) is 0 Å². The minimum absolute atomic E-state index is 0.0339. The van der Waals surface area contributed by atoms with Gasteiger partial charge in [-0.1, -0.05) is 0 Å². The third kappa shape index (κ3) is 2.48. The lowest BCUT2D eigenvalue weighted by Crippen LogP contribution is -2.31. The molecule has 0 amide bonds. The van der Waals surface area contributed by atoms with Crippen LogP contribution in [-0.4, -0.2) is 43.8 Å². The molecule has 3 aliphatic rings. The second-order valence-corrected chi connectivity index (χ2v) is 7.40. The summed E-state index contributed by atoms with van der Waals surface area (Å²) >= 11 is 0. The fourth-order valence-corrected chi connectivity index (χ4v) is 4.69. The van der Waals surface area contributed by atoms with Gasteiger partial charge in [0.25, 0.3) is 0 Å². The number of hydrogen-bond acceptors (Lipinski definition) is 8. The molecule has 0 aromatic heterocycles. The molecule has 8 nitrogen and oxygen atoms in total. The molecular formula is C21H20O8. The van der Waals surface area contributed by atoms with Gasteiger partial charge in [0.05, 0.1) is 26.7 Å². The molecular weight excluding hydrogens is 380 g/mol. The Kier molecular flexibility index (Phi) is 3.90. The number of carbonyl (C=O) groups excluding carboxylic acids is 1. The van der Waals surface area contributed by atoms with E-state index in [2.05, 4.69) is 0 Å². The summed E-state index contributed by atoms with van der Waals surface area (Å²) in [6.07, 6.45) is 0.497. The fourth-order valence-electron chi connectivity index (χ4n) is 4.69. The predicted octanol–water partition coefficient (Wildman–Crippen LogP) is 2.32. The Morgan fingerprint density at radius 1 is 1.00 bits per heavy atom. The van der Waals surface area contributed by atoms with E-state index in [1.807, 2.05) is 6.07 Å². The lowest BCUT2D eigenvalue weighted by atomic mass is 9.67. The van der Waals surface area contributed by atoms with Crippen LogP contribution < -0.4 is 18.9 Å². The van der Waals surface area contributed by atoms with Crippen molar-refractivity contribution in [1.29, 1.82) is 0 Å². The average Bonchev–Trinajstić information content (AvgIpc) is 3.34. The number of carbonyl (C=O) groups is 1. The smallest absolute Gasteiger partial charge is 0.310 e. The summed E-state index contributed by atoms with van der Waals surface area (Å²) in [7, 11) is 2.90. The zero-order chi connectivity index (χ0) is 20.3. The molecule has 5 rings (SSSR count). The van der Waals surface area contributed by atoms with Crippen molar-refractivity contribution < 1.29 is 38.7 Å². The molecule has 0 saturated carbocycles. The van der Waals surface area contributed by atoms with E-state index >= 15 is 0 Å². The average molecular weight is 400 g/mol. The van der Waals surface area contributed by atoms with Crippen LogP contribution in [0.2, 0.25) is 0 Å². The highest BCUT2D eigenvalue weighted by Crippen LogP contribution is 2.55. The van der Waals surface area contributed by atoms with Crippen molar-refractivity contribution in [2.24, 2.45) is 11.8 Å². The van der Waals surface area contributed by atoms with Crippen LogP contribution in [-0.2, 0) is 16.0 Å². The zero-order valence-corrected chi connectivity index (χ0v) is 15.9. The van der Waals surface area contributed by atoms with Crippen molar-refractivity contribution in [2.45, 2.75) is 12.3 Å². The molecule has 29 heavy (non-hydrogen) atoms. The van der Waals surface area contributed by atoms with E-state index in [1.54, 1.807) is 12.1 Å². The van der Waals surface area contributed by atoms with Gasteiger partial charge in [0.2, 0.25) is 18.3 Å². The standard InChI is InChI=1S/C21H20O8/c1-25-13-4-9(5-14(26-2)19(13)23)16-11-6-15-20(29-8-28-15)18(22)12(11)3-10-7-27-21(24)17(10)16/h4-6,10,16-17,22-23H,3,7-8H2,1-2H3/t10-,16+,17-/m1/s1. The van der Waals surface area contributed by atoms with E-state index in [0.717, 1.165) is 5.56 Å². The Hall–Kier alpha value is -3.29. The molecule has 0 unspecified atom stereocenters. The van der Waals surface area contributed by atoms with Crippen LogP contribution in [0.1, 0.15) is 22.6 Å². The molecule has 3 atom stereocenters. The molecule has 152 valence electrons. The summed E-state index contributed by atoms with van der Waals surface area (Å²) < 4.78 is 26.9. The normalized spacial score (nSPS) is 23.9. The first-order chi connectivity index (χ1) is 14.0. The second-order valence-electron chi connectivity index (χ2n) is 7.40. The molecule has 1 aliphatic carbocycles. The topological polar surface area (TPSA) is 104 Å². The van der Waals surface area contributed by atoms with Crippen LogP contribution >= 0.6 is 0 Å². The first kappa shape index (κ1) is 17.8. The third-order valence-corrected chi connectivity index (χ3v) is 6.02. The van der Waals surface area contributed by atoms with Gasteiger partial charge in [-0.25, -0.2) is 0 Å². The van der Waals surface area contributed by atoms with E-state index in [-0.39, 0.29) is 41.7 Å². The first-order valence-corrected chi connectivity index (χ1v) is 9.29. The minimum atomic E-state index is -0.429. The molecule has 2 aliphatic heterocycles. The highest BCUT2D eigenvalue weighted by molar-refractivity contribution is 5.79. The van der Waals surface area contributed by atoms with Gasteiger partial charge >= 0.3 is 5.97 Å². The number of aromatic hydroxyl groups is 2. The molecule has 1 fully saturated rings. The first-order valence-electron chi connectivity index (χ1n) is 9.29. The SMILES string of the molecule is COc1cc([C@H]2c3cc4c(c(O)c3C[C@@H]3COC(=O)[C@H]32)OCO4)cc(OC)c1O. The number of benzene rings is 2. The summed E-state index contributed by atoms with van der Waals surface area (Å²) in [5.41, 5.74) is 2.19. The van der Waals surface area contributed by atoms with Gasteiger partial charge in [-0.2, -0.15) is 0 Å². The lowest BCUT2D eigenvalue weighted by Gasteiger charge is -2.34. The number of phenolic OH excluding ortho intramolecular Hbond substituents is 2. The number of fused-ring (bicyclic) bond motifs is 3. The van der Waals surface area contributed by atoms with E-state index in [0.29, 0.717) is 35.7 Å². The summed E-state index contributed by atoms with van der Waals surface area (Å²) in [5, 5.41) is 21.1. The number of methoxy groups -OCH3 is 2. The van der Waals surface area contributed by atoms with Crippen LogP contribution in [0, 0.1) is 11.8 Å². The Bertz CT molecular complexity index is 989. The number of rotatable bonds is 3. The predicted molar refractivity (Wildman–Crippen MR) is 98.9 cm³/mol. The Labute approximate surface area is 166 Å². The largest absolute Gasteiger partial charge is 0.504 e. The van der Waals surface area contributed by atoms with Crippen LogP contribution in [0.4, 0.5) is 0 Å². The number of ether oxygens (including phenoxy) is 5. The maximum atomic E-state index is 12.6. The number of esters is 1. The second kappa shape index (κ2) is 6.37. The molecule has 0 bridgehead atoms. The maximum Gasteiger partial charge on any atom is 0.310 e. The summed E-state index contributed by atoms with van der Waals surface area (Å²) in [4.78, 5) is 12.6. The maximum absolute atomic E-state index is 12.6. The van der Waals surface area contributed by atoms with E-state index < -0.39 is 11.8 Å². The Morgan fingerprint density at radius 3 is 2.41 bits per heavy atom. The van der Waals surface area contributed by atoms with E-state index in [1.165, 1.54) is 14.2 Å². The van der Waals surface area contributed by atoms with Crippen LogP contribution in [0.15, 0.2) is 18.2 Å². The van der Waals surface area contributed by atoms with Crippen molar-refractivity contribution in [3.05, 3.63) is 34.9 Å². The van der Waals surface area contributed by atoms with Crippen LogP contribution in [0.5, 0.6) is 34.5 Å². The molecule has 1 saturated heterocycles. The van der Waals surface area contributed by atoms with Gasteiger partial charge in [-0.05, 0) is 35.7 Å². The molecule has 8 heteroatoms. The van der Waals surface area contributed by atoms with Gasteiger partial charge in [-0.15, -0.1) is 0 Å². The molecule has 2 heterocycles. The van der Waals surface area contributed by atoms with Gasteiger partial charge in [0, 0.05) is 17.4 Å². The number of phenols is 2. The molecule has 2 aromatic carbocycles. The lowest BCUT2D eigenvalue weighted by molar-refractivity contribution is -0.141. The van der Waals surface area contributed by atoms with Crippen LogP contribution in [0.3, 0.4) is 0 Å². The van der Waals surface area contributed by atoms with Crippen molar-refractivity contribution in [2.75, 3.05) is 27.6 Å². The highest BCUT2D eigenvalue weighted by atomic mass is 16.7. The Balaban J connectivity index is 1.75. The molecule has 2 N–H and O–H groups in total. The Morgan fingerprint density at radius 2 is 1.72 bits per heavy atom. The zero-order valence-electron chi connectivity index (χ0n) is 15.9. The van der Waals surface area contributed by atoms with Gasteiger partial charge in [-0.3, -0.25) is 4.79 Å². The quantitative estimate of drug-likeness (QED) is 0.757. The summed E-state index contributed by atoms with van der Waals surface area (Å²) in [5.74, 6) is -0.0708. The number of cyclic esters (lactones) is 1. The van der Waals surface area contributed by atoms with E-state index in [9.17, 15) is 15.0 Å². The van der Waals surface area contributed by atoms with Crippen molar-refractivity contribution in [3.8, 4) is 34.5 Å². The van der Waals surface area contributed by atoms with Crippen molar-refractivity contribution in [1.82, 2.24) is 0 Å².